The van der Waals surface area contributed by atoms with Crippen molar-refractivity contribution in [2.45, 2.75) is 26.9 Å². The molecular weight excluding hydrogens is 250 g/mol. The van der Waals surface area contributed by atoms with Crippen LogP contribution in [0, 0.1) is 6.92 Å². The lowest BCUT2D eigenvalue weighted by Gasteiger charge is -2.10. The number of phenolic OH excluding ortho intramolecular Hbond substituents is 1. The lowest BCUT2D eigenvalue weighted by atomic mass is 10.1. The largest absolute Gasteiger partial charge is 0.507 e. The minimum Gasteiger partial charge on any atom is -0.507 e. The molecule has 0 atom stereocenters. The van der Waals surface area contributed by atoms with Crippen LogP contribution in [-0.2, 0) is 13.1 Å². The molecule has 0 saturated heterocycles. The number of para-hydroxylation sites is 1. The minimum absolute atomic E-state index is 0.378. The molecule has 0 aliphatic carbocycles. The van der Waals surface area contributed by atoms with Crippen molar-refractivity contribution in [1.29, 1.82) is 0 Å². The third kappa shape index (κ3) is 3.75. The van der Waals surface area contributed by atoms with Gasteiger partial charge in [0, 0.05) is 18.7 Å². The molecule has 3 nitrogen and oxygen atoms in total. The van der Waals surface area contributed by atoms with Crippen molar-refractivity contribution >= 4 is 0 Å². The van der Waals surface area contributed by atoms with Crippen LogP contribution in [0.5, 0.6) is 11.5 Å². The lowest BCUT2D eigenvalue weighted by molar-refractivity contribution is 0.340. The van der Waals surface area contributed by atoms with Crippen molar-refractivity contribution in [2.24, 2.45) is 0 Å². The zero-order chi connectivity index (χ0) is 14.4. The minimum atomic E-state index is 0.378. The van der Waals surface area contributed by atoms with Gasteiger partial charge < -0.3 is 15.2 Å². The van der Waals surface area contributed by atoms with E-state index in [1.54, 1.807) is 0 Å². The Balaban J connectivity index is 1.92. The fourth-order valence-corrected chi connectivity index (χ4v) is 2.12. The van der Waals surface area contributed by atoms with Crippen molar-refractivity contribution in [3.63, 3.8) is 0 Å². The molecule has 106 valence electrons. The molecule has 2 aromatic carbocycles. The molecule has 0 aliphatic heterocycles. The highest BCUT2D eigenvalue weighted by Gasteiger charge is 2.03. The second kappa shape index (κ2) is 6.96. The Morgan fingerprint density at radius 3 is 2.70 bits per heavy atom. The Morgan fingerprint density at radius 1 is 1.10 bits per heavy atom. The molecule has 0 heterocycles. The van der Waals surface area contributed by atoms with E-state index in [-0.39, 0.29) is 0 Å². The first-order chi connectivity index (χ1) is 9.70. The van der Waals surface area contributed by atoms with E-state index in [0.29, 0.717) is 18.9 Å². The van der Waals surface area contributed by atoms with Crippen LogP contribution in [0.1, 0.15) is 23.6 Å². The number of aryl methyl sites for hydroxylation is 1. The van der Waals surface area contributed by atoms with Crippen LogP contribution < -0.4 is 10.1 Å². The van der Waals surface area contributed by atoms with Gasteiger partial charge in [-0.05, 0) is 37.1 Å². The Labute approximate surface area is 120 Å². The van der Waals surface area contributed by atoms with Crippen LogP contribution in [0.25, 0.3) is 0 Å². The molecule has 3 heteroatoms. The maximum Gasteiger partial charge on any atom is 0.122 e. The van der Waals surface area contributed by atoms with Gasteiger partial charge in [0.05, 0.1) is 6.61 Å². The van der Waals surface area contributed by atoms with Gasteiger partial charge in [0.2, 0.25) is 0 Å². The Kier molecular flexibility index (Phi) is 5.02. The van der Waals surface area contributed by atoms with Crippen LogP contribution in [0.4, 0.5) is 0 Å². The van der Waals surface area contributed by atoms with Crippen LogP contribution in [-0.4, -0.2) is 11.7 Å². The predicted molar refractivity (Wildman–Crippen MR) is 81.0 cm³/mol. The fraction of sp³-hybridized carbons (Fsp3) is 0.294. The van der Waals surface area contributed by atoms with Gasteiger partial charge in [0.25, 0.3) is 0 Å². The second-order valence-electron chi connectivity index (χ2n) is 4.77. The van der Waals surface area contributed by atoms with Crippen molar-refractivity contribution in [3.05, 3.63) is 59.2 Å². The summed E-state index contributed by atoms with van der Waals surface area (Å²) in [5.41, 5.74) is 3.00. The Morgan fingerprint density at radius 2 is 1.90 bits per heavy atom. The van der Waals surface area contributed by atoms with E-state index in [4.69, 9.17) is 4.74 Å². The highest BCUT2D eigenvalue weighted by Crippen LogP contribution is 2.21. The number of rotatable bonds is 6. The molecule has 0 aliphatic rings. The lowest BCUT2D eigenvalue weighted by Crippen LogP contribution is -2.13. The van der Waals surface area contributed by atoms with Crippen LogP contribution in [0.2, 0.25) is 0 Å². The molecular formula is C17H21NO2. The normalized spacial score (nSPS) is 10.5. The molecule has 0 radical (unpaired) electrons. The van der Waals surface area contributed by atoms with Gasteiger partial charge in [0.1, 0.15) is 11.5 Å². The predicted octanol–water partition coefficient (Wildman–Crippen LogP) is 3.39. The van der Waals surface area contributed by atoms with Gasteiger partial charge >= 0.3 is 0 Å². The van der Waals surface area contributed by atoms with Gasteiger partial charge in [0.15, 0.2) is 0 Å². The van der Waals surface area contributed by atoms with Crippen molar-refractivity contribution in [3.8, 4) is 11.5 Å². The molecule has 0 bridgehead atoms. The van der Waals surface area contributed by atoms with Crippen molar-refractivity contribution in [1.82, 2.24) is 5.32 Å². The van der Waals surface area contributed by atoms with Gasteiger partial charge in [-0.25, -0.2) is 0 Å². The van der Waals surface area contributed by atoms with Crippen LogP contribution in [0.15, 0.2) is 42.5 Å². The average molecular weight is 271 g/mol. The number of nitrogens with one attached hydrogen (secondary N) is 1. The van der Waals surface area contributed by atoms with Gasteiger partial charge in [-0.1, -0.05) is 30.3 Å². The first kappa shape index (κ1) is 14.4. The summed E-state index contributed by atoms with van der Waals surface area (Å²) in [6.45, 7) is 5.95. The van der Waals surface area contributed by atoms with E-state index in [9.17, 15) is 5.11 Å². The summed E-state index contributed by atoms with van der Waals surface area (Å²) in [6.07, 6.45) is 0. The molecule has 20 heavy (non-hydrogen) atoms. The van der Waals surface area contributed by atoms with Crippen molar-refractivity contribution in [2.75, 3.05) is 6.61 Å². The van der Waals surface area contributed by atoms with E-state index < -0.39 is 0 Å². The van der Waals surface area contributed by atoms with E-state index >= 15 is 0 Å². The zero-order valence-corrected chi connectivity index (χ0v) is 12.0. The standard InChI is InChI=1S/C17H21NO2/c1-3-20-16-9-5-7-14(10-16)11-18-12-15-8-4-6-13(2)17(15)19/h4-10,18-19H,3,11-12H2,1-2H3. The number of phenols is 1. The summed E-state index contributed by atoms with van der Waals surface area (Å²) in [5.74, 6) is 1.27. The van der Waals surface area contributed by atoms with Gasteiger partial charge in [-0.15, -0.1) is 0 Å². The summed E-state index contributed by atoms with van der Waals surface area (Å²) in [6, 6.07) is 13.8. The molecule has 0 unspecified atom stereocenters. The summed E-state index contributed by atoms with van der Waals surface area (Å²) in [4.78, 5) is 0. The SMILES string of the molecule is CCOc1cccc(CNCc2cccc(C)c2O)c1. The van der Waals surface area contributed by atoms with E-state index in [1.807, 2.05) is 50.2 Å². The first-order valence-electron chi connectivity index (χ1n) is 6.90. The molecule has 2 aromatic rings. The van der Waals surface area contributed by atoms with E-state index in [0.717, 1.165) is 23.4 Å². The number of hydrogen-bond acceptors (Lipinski definition) is 3. The molecule has 0 aromatic heterocycles. The number of aromatic hydroxyl groups is 1. The average Bonchev–Trinajstić information content (AvgIpc) is 2.44. The summed E-state index contributed by atoms with van der Waals surface area (Å²) in [7, 11) is 0. The number of benzene rings is 2. The zero-order valence-electron chi connectivity index (χ0n) is 12.0. The Bertz CT molecular complexity index is 567. The summed E-state index contributed by atoms with van der Waals surface area (Å²) in [5, 5.41) is 13.3. The van der Waals surface area contributed by atoms with Gasteiger partial charge in [-0.2, -0.15) is 0 Å². The van der Waals surface area contributed by atoms with E-state index in [1.165, 1.54) is 5.56 Å². The van der Waals surface area contributed by atoms with E-state index in [2.05, 4.69) is 11.4 Å². The maximum absolute atomic E-state index is 9.95. The highest BCUT2D eigenvalue weighted by molar-refractivity contribution is 5.39. The smallest absolute Gasteiger partial charge is 0.122 e. The van der Waals surface area contributed by atoms with Crippen molar-refractivity contribution < 1.29 is 9.84 Å². The monoisotopic (exact) mass is 271 g/mol. The first-order valence-corrected chi connectivity index (χ1v) is 6.90. The molecule has 0 spiro atoms. The fourth-order valence-electron chi connectivity index (χ4n) is 2.12. The van der Waals surface area contributed by atoms with Crippen LogP contribution >= 0.6 is 0 Å². The van der Waals surface area contributed by atoms with Crippen LogP contribution in [0.3, 0.4) is 0 Å². The number of hydrogen-bond donors (Lipinski definition) is 2. The van der Waals surface area contributed by atoms with Gasteiger partial charge in [-0.3, -0.25) is 0 Å². The molecule has 2 N–H and O–H groups in total. The maximum atomic E-state index is 9.95. The molecule has 0 amide bonds. The molecule has 2 rings (SSSR count). The summed E-state index contributed by atoms with van der Waals surface area (Å²) < 4.78 is 5.48. The third-order valence-corrected chi connectivity index (χ3v) is 3.18. The highest BCUT2D eigenvalue weighted by atomic mass is 16.5. The molecule has 0 saturated carbocycles. The topological polar surface area (TPSA) is 41.5 Å². The molecule has 0 fully saturated rings. The number of ether oxygens (including phenoxy) is 1. The third-order valence-electron chi connectivity index (χ3n) is 3.18. The summed E-state index contributed by atoms with van der Waals surface area (Å²) >= 11 is 0. The Hall–Kier alpha value is -2.00. The second-order valence-corrected chi connectivity index (χ2v) is 4.77. The quantitative estimate of drug-likeness (QED) is 0.846.